The summed E-state index contributed by atoms with van der Waals surface area (Å²) in [4.78, 5) is 15.8. The lowest BCUT2D eigenvalue weighted by molar-refractivity contribution is -0.137. The van der Waals surface area contributed by atoms with Crippen LogP contribution in [-0.2, 0) is 17.5 Å². The summed E-state index contributed by atoms with van der Waals surface area (Å²) in [6.45, 7) is 7.62. The van der Waals surface area contributed by atoms with E-state index in [-0.39, 0.29) is 5.69 Å². The summed E-state index contributed by atoms with van der Waals surface area (Å²) in [6, 6.07) is 15.5. The fourth-order valence-corrected chi connectivity index (χ4v) is 4.40. The van der Waals surface area contributed by atoms with E-state index in [0.29, 0.717) is 53.8 Å². The second kappa shape index (κ2) is 10.4. The third-order valence-electron chi connectivity index (χ3n) is 6.44. The molecular weight excluding hydrogens is 479 g/mol. The van der Waals surface area contributed by atoms with Crippen molar-refractivity contribution in [1.82, 2.24) is 19.9 Å². The average Bonchev–Trinajstić information content (AvgIpc) is 2.89. The molecule has 6 nitrogen and oxygen atoms in total. The lowest BCUT2D eigenvalue weighted by atomic mass is 10.0. The Hall–Kier alpha value is -3.56. The van der Waals surface area contributed by atoms with E-state index in [9.17, 15) is 13.2 Å². The highest BCUT2D eigenvalue weighted by atomic mass is 19.4. The van der Waals surface area contributed by atoms with Gasteiger partial charge in [0.1, 0.15) is 11.6 Å². The highest BCUT2D eigenvalue weighted by Crippen LogP contribution is 2.37. The summed E-state index contributed by atoms with van der Waals surface area (Å²) >= 11 is 0. The first kappa shape index (κ1) is 25.1. The van der Waals surface area contributed by atoms with E-state index in [1.165, 1.54) is 17.8 Å². The predicted octanol–water partition coefficient (Wildman–Crippen LogP) is 6.41. The summed E-state index contributed by atoms with van der Waals surface area (Å²) < 4.78 is 46.4. The number of halogens is 3. The molecule has 2 aromatic heterocycles. The number of alkyl halides is 3. The van der Waals surface area contributed by atoms with Gasteiger partial charge in [-0.3, -0.25) is 9.88 Å². The van der Waals surface area contributed by atoms with E-state index in [1.54, 1.807) is 18.2 Å². The van der Waals surface area contributed by atoms with Crippen molar-refractivity contribution in [3.8, 4) is 11.3 Å². The normalized spacial score (nSPS) is 14.9. The van der Waals surface area contributed by atoms with E-state index in [4.69, 9.17) is 14.7 Å². The SMILES string of the molecule is CC(C)c1ccc(Nc2nc(CN3CCOCC3)nc3cc(-c4ncccc4C(F)(F)F)ccc23)cc1. The Kier molecular flexibility index (Phi) is 7.08. The molecule has 192 valence electrons. The fourth-order valence-electron chi connectivity index (χ4n) is 4.40. The Morgan fingerprint density at radius 1 is 1.00 bits per heavy atom. The molecule has 0 unspecified atom stereocenters. The Morgan fingerprint density at radius 3 is 2.46 bits per heavy atom. The summed E-state index contributed by atoms with van der Waals surface area (Å²) in [7, 11) is 0. The van der Waals surface area contributed by atoms with Gasteiger partial charge in [0.25, 0.3) is 0 Å². The van der Waals surface area contributed by atoms with Crippen LogP contribution in [-0.4, -0.2) is 46.2 Å². The Balaban J connectivity index is 1.57. The molecule has 0 saturated carbocycles. The summed E-state index contributed by atoms with van der Waals surface area (Å²) in [5.41, 5.74) is 2.10. The maximum absolute atomic E-state index is 13.7. The quantitative estimate of drug-likeness (QED) is 0.325. The second-order valence-electron chi connectivity index (χ2n) is 9.41. The van der Waals surface area contributed by atoms with Crippen molar-refractivity contribution in [2.45, 2.75) is 32.5 Å². The van der Waals surface area contributed by atoms with Gasteiger partial charge in [-0.2, -0.15) is 13.2 Å². The van der Waals surface area contributed by atoms with Crippen molar-refractivity contribution in [3.05, 3.63) is 77.7 Å². The van der Waals surface area contributed by atoms with Gasteiger partial charge in [0, 0.05) is 35.9 Å². The van der Waals surface area contributed by atoms with Crippen LogP contribution in [0.3, 0.4) is 0 Å². The molecule has 0 spiro atoms. The Morgan fingerprint density at radius 2 is 1.76 bits per heavy atom. The maximum atomic E-state index is 13.7. The number of rotatable bonds is 6. The molecule has 3 heterocycles. The van der Waals surface area contributed by atoms with Crippen LogP contribution in [0, 0.1) is 0 Å². The lowest BCUT2D eigenvalue weighted by Gasteiger charge is -2.26. The number of fused-ring (bicyclic) bond motifs is 1. The smallest absolute Gasteiger partial charge is 0.379 e. The third kappa shape index (κ3) is 5.73. The highest BCUT2D eigenvalue weighted by Gasteiger charge is 2.34. The van der Waals surface area contributed by atoms with Gasteiger partial charge in [-0.05, 0) is 47.9 Å². The van der Waals surface area contributed by atoms with Crippen molar-refractivity contribution in [2.75, 3.05) is 31.6 Å². The summed E-state index contributed by atoms with van der Waals surface area (Å²) in [6.07, 6.45) is -3.15. The number of ether oxygens (including phenoxy) is 1. The summed E-state index contributed by atoms with van der Waals surface area (Å²) in [5, 5.41) is 4.11. The number of pyridine rings is 1. The van der Waals surface area contributed by atoms with Gasteiger partial charge >= 0.3 is 6.18 Å². The maximum Gasteiger partial charge on any atom is 0.418 e. The molecule has 0 amide bonds. The van der Waals surface area contributed by atoms with Crippen molar-refractivity contribution in [1.29, 1.82) is 0 Å². The number of nitrogens with one attached hydrogen (secondary N) is 1. The molecule has 0 radical (unpaired) electrons. The van der Waals surface area contributed by atoms with Gasteiger partial charge in [0.2, 0.25) is 0 Å². The van der Waals surface area contributed by atoms with E-state index < -0.39 is 11.7 Å². The first-order chi connectivity index (χ1) is 17.8. The fraction of sp³-hybridized carbons (Fsp3) is 0.321. The van der Waals surface area contributed by atoms with Crippen molar-refractivity contribution < 1.29 is 17.9 Å². The zero-order valence-corrected chi connectivity index (χ0v) is 20.7. The number of hydrogen-bond acceptors (Lipinski definition) is 6. The number of aromatic nitrogens is 3. The highest BCUT2D eigenvalue weighted by molar-refractivity contribution is 5.93. The Labute approximate surface area is 213 Å². The van der Waals surface area contributed by atoms with Crippen LogP contribution in [0.5, 0.6) is 0 Å². The average molecular weight is 508 g/mol. The first-order valence-corrected chi connectivity index (χ1v) is 12.3. The minimum absolute atomic E-state index is 0.121. The van der Waals surface area contributed by atoms with Gasteiger partial charge in [-0.25, -0.2) is 9.97 Å². The molecule has 1 saturated heterocycles. The monoisotopic (exact) mass is 507 g/mol. The molecule has 4 aromatic rings. The van der Waals surface area contributed by atoms with E-state index in [1.807, 2.05) is 12.1 Å². The first-order valence-electron chi connectivity index (χ1n) is 12.3. The molecule has 1 aliphatic rings. The minimum Gasteiger partial charge on any atom is -0.379 e. The van der Waals surface area contributed by atoms with Gasteiger partial charge in [0.05, 0.1) is 36.5 Å². The topological polar surface area (TPSA) is 63.2 Å². The largest absolute Gasteiger partial charge is 0.418 e. The zero-order valence-electron chi connectivity index (χ0n) is 20.7. The third-order valence-corrected chi connectivity index (χ3v) is 6.44. The predicted molar refractivity (Wildman–Crippen MR) is 138 cm³/mol. The van der Waals surface area contributed by atoms with Gasteiger partial charge in [0.15, 0.2) is 0 Å². The molecule has 2 aromatic carbocycles. The van der Waals surface area contributed by atoms with Crippen LogP contribution in [0.25, 0.3) is 22.2 Å². The van der Waals surface area contributed by atoms with Crippen LogP contribution >= 0.6 is 0 Å². The molecule has 1 N–H and O–H groups in total. The molecule has 9 heteroatoms. The molecular formula is C28H28F3N5O. The lowest BCUT2D eigenvalue weighted by Crippen LogP contribution is -2.36. The molecule has 37 heavy (non-hydrogen) atoms. The van der Waals surface area contributed by atoms with Crippen LogP contribution in [0.2, 0.25) is 0 Å². The number of anilines is 2. The zero-order chi connectivity index (χ0) is 26.0. The van der Waals surface area contributed by atoms with E-state index >= 15 is 0 Å². The van der Waals surface area contributed by atoms with Crippen LogP contribution in [0.1, 0.15) is 36.7 Å². The number of nitrogens with zero attached hydrogens (tertiary/aromatic N) is 4. The van der Waals surface area contributed by atoms with Crippen molar-refractivity contribution >= 4 is 22.4 Å². The molecule has 0 bridgehead atoms. The van der Waals surface area contributed by atoms with Gasteiger partial charge in [-0.15, -0.1) is 0 Å². The molecule has 1 fully saturated rings. The number of hydrogen-bond donors (Lipinski definition) is 1. The van der Waals surface area contributed by atoms with Crippen LogP contribution < -0.4 is 5.32 Å². The van der Waals surface area contributed by atoms with Gasteiger partial charge in [-0.1, -0.05) is 32.0 Å². The molecule has 0 atom stereocenters. The molecule has 5 rings (SSSR count). The van der Waals surface area contributed by atoms with Crippen LogP contribution in [0.4, 0.5) is 24.7 Å². The summed E-state index contributed by atoms with van der Waals surface area (Å²) in [5.74, 6) is 1.61. The van der Waals surface area contributed by atoms with Crippen molar-refractivity contribution in [3.63, 3.8) is 0 Å². The number of benzene rings is 2. The molecule has 0 aliphatic carbocycles. The standard InChI is InChI=1S/C28H28F3N5O/c1-18(2)19-5-8-21(9-6-19)33-27-22-10-7-20(26-23(28(29,30)31)4-3-11-32-26)16-24(22)34-25(35-27)17-36-12-14-37-15-13-36/h3-11,16,18H,12-15,17H2,1-2H3,(H,33,34,35). The number of morpholine rings is 1. The van der Waals surface area contributed by atoms with E-state index in [2.05, 4.69) is 41.2 Å². The van der Waals surface area contributed by atoms with Crippen LogP contribution in [0.15, 0.2) is 60.8 Å². The van der Waals surface area contributed by atoms with Gasteiger partial charge < -0.3 is 10.1 Å². The van der Waals surface area contributed by atoms with E-state index in [0.717, 1.165) is 24.8 Å². The molecule has 1 aliphatic heterocycles. The second-order valence-corrected chi connectivity index (χ2v) is 9.41. The minimum atomic E-state index is -4.51. The van der Waals surface area contributed by atoms with Crippen molar-refractivity contribution in [2.24, 2.45) is 0 Å². The Bertz CT molecular complexity index is 1380.